The van der Waals surface area contributed by atoms with Gasteiger partial charge in [0.25, 0.3) is 0 Å². The van der Waals surface area contributed by atoms with Crippen molar-refractivity contribution in [3.05, 3.63) is 59.3 Å². The molecule has 1 aromatic heterocycles. The molecule has 0 fully saturated rings. The number of rotatable bonds is 4. The van der Waals surface area contributed by atoms with Crippen molar-refractivity contribution in [1.29, 1.82) is 0 Å². The highest BCUT2D eigenvalue weighted by Gasteiger charge is 2.11. The van der Waals surface area contributed by atoms with Crippen molar-refractivity contribution >= 4 is 28.9 Å². The van der Waals surface area contributed by atoms with Crippen molar-refractivity contribution in [2.75, 3.05) is 0 Å². The summed E-state index contributed by atoms with van der Waals surface area (Å²) in [6.07, 6.45) is 2.23. The fourth-order valence-electron chi connectivity index (χ4n) is 1.92. The van der Waals surface area contributed by atoms with Gasteiger partial charge in [-0.1, -0.05) is 24.3 Å². The van der Waals surface area contributed by atoms with Gasteiger partial charge in [0.2, 0.25) is 0 Å². The first-order valence-electron chi connectivity index (χ1n) is 6.20. The molecule has 1 aromatic carbocycles. The van der Waals surface area contributed by atoms with E-state index in [9.17, 15) is 14.7 Å². The second kappa shape index (κ2) is 6.00. The van der Waals surface area contributed by atoms with Crippen LogP contribution < -0.4 is 0 Å². The summed E-state index contributed by atoms with van der Waals surface area (Å²) < 4.78 is 0. The minimum Gasteiger partial charge on any atom is -0.478 e. The predicted molar refractivity (Wildman–Crippen MR) is 78.7 cm³/mol. The summed E-state index contributed by atoms with van der Waals surface area (Å²) in [7, 11) is 0. The lowest BCUT2D eigenvalue weighted by atomic mass is 10.1. The van der Waals surface area contributed by atoms with Gasteiger partial charge in [-0.25, -0.2) is 14.6 Å². The molecule has 0 saturated heterocycles. The normalized spacial score (nSPS) is 12.4. The number of carboxylic acid groups (broad SMARTS) is 2. The van der Waals surface area contributed by atoms with Gasteiger partial charge < -0.3 is 10.2 Å². The fourth-order valence-corrected chi connectivity index (χ4v) is 1.92. The molecule has 0 spiro atoms. The number of aliphatic carboxylic acids is 2. The Hall–Kier alpha value is -2.95. The summed E-state index contributed by atoms with van der Waals surface area (Å²) in [4.78, 5) is 26.3. The van der Waals surface area contributed by atoms with Crippen molar-refractivity contribution in [2.45, 2.75) is 6.92 Å². The lowest BCUT2D eigenvalue weighted by Gasteiger charge is -2.03. The SMILES string of the molecule is CC(=CC(=O)O)C(=Cc1ccc2ccccc2n1)C(=O)O. The smallest absolute Gasteiger partial charge is 0.336 e. The Balaban J connectivity index is 2.49. The van der Waals surface area contributed by atoms with Crippen LogP contribution in [0, 0.1) is 0 Å². The Bertz CT molecular complexity index is 775. The molecule has 0 unspecified atom stereocenters. The van der Waals surface area contributed by atoms with E-state index in [2.05, 4.69) is 4.98 Å². The zero-order valence-corrected chi connectivity index (χ0v) is 11.3. The molecule has 21 heavy (non-hydrogen) atoms. The number of carboxylic acids is 2. The van der Waals surface area contributed by atoms with Crippen LogP contribution in [0.5, 0.6) is 0 Å². The molecule has 0 saturated carbocycles. The Morgan fingerprint density at radius 3 is 2.48 bits per heavy atom. The predicted octanol–water partition coefficient (Wildman–Crippen LogP) is 2.73. The zero-order chi connectivity index (χ0) is 15.4. The summed E-state index contributed by atoms with van der Waals surface area (Å²) in [5, 5.41) is 18.9. The number of pyridine rings is 1. The molecule has 2 N–H and O–H groups in total. The van der Waals surface area contributed by atoms with Crippen LogP contribution in [0.15, 0.2) is 53.6 Å². The average Bonchev–Trinajstić information content (AvgIpc) is 2.43. The first-order chi connectivity index (χ1) is 9.97. The summed E-state index contributed by atoms with van der Waals surface area (Å²) in [5.74, 6) is -2.38. The highest BCUT2D eigenvalue weighted by molar-refractivity contribution is 5.99. The highest BCUT2D eigenvalue weighted by Crippen LogP contribution is 2.17. The molecule has 2 aromatic rings. The lowest BCUT2D eigenvalue weighted by Crippen LogP contribution is -2.04. The monoisotopic (exact) mass is 283 g/mol. The van der Waals surface area contributed by atoms with Crippen molar-refractivity contribution < 1.29 is 19.8 Å². The van der Waals surface area contributed by atoms with Crippen molar-refractivity contribution in [1.82, 2.24) is 4.98 Å². The molecule has 0 radical (unpaired) electrons. The average molecular weight is 283 g/mol. The van der Waals surface area contributed by atoms with Gasteiger partial charge in [-0.3, -0.25) is 0 Å². The maximum atomic E-state index is 11.3. The summed E-state index contributed by atoms with van der Waals surface area (Å²) in [6, 6.07) is 11.0. The van der Waals surface area contributed by atoms with Crippen LogP contribution in [0.1, 0.15) is 12.6 Å². The van der Waals surface area contributed by atoms with Crippen LogP contribution in [0.2, 0.25) is 0 Å². The minimum absolute atomic E-state index is 0.0971. The van der Waals surface area contributed by atoms with E-state index < -0.39 is 11.9 Å². The topological polar surface area (TPSA) is 87.5 Å². The van der Waals surface area contributed by atoms with Crippen molar-refractivity contribution in [3.8, 4) is 0 Å². The van der Waals surface area contributed by atoms with Gasteiger partial charge in [-0.15, -0.1) is 0 Å². The number of aromatic nitrogens is 1. The van der Waals surface area contributed by atoms with Gasteiger partial charge in [0.05, 0.1) is 16.8 Å². The van der Waals surface area contributed by atoms with E-state index in [1.54, 1.807) is 6.07 Å². The number of carbonyl (C=O) groups is 2. The Morgan fingerprint density at radius 1 is 1.10 bits per heavy atom. The van der Waals surface area contributed by atoms with Gasteiger partial charge in [0, 0.05) is 11.5 Å². The Labute approximate surface area is 120 Å². The fraction of sp³-hybridized carbons (Fsp3) is 0.0625. The van der Waals surface area contributed by atoms with Crippen LogP contribution in [-0.2, 0) is 9.59 Å². The summed E-state index contributed by atoms with van der Waals surface area (Å²) in [6.45, 7) is 1.44. The van der Waals surface area contributed by atoms with Gasteiger partial charge in [0.15, 0.2) is 0 Å². The standard InChI is InChI=1S/C16H13NO4/c1-10(8-15(18)19)13(16(20)21)9-12-7-6-11-4-2-3-5-14(11)17-12/h2-9H,1H3,(H,18,19)(H,20,21). The largest absolute Gasteiger partial charge is 0.478 e. The number of benzene rings is 1. The molecule has 106 valence electrons. The Morgan fingerprint density at radius 2 is 1.81 bits per heavy atom. The summed E-state index contributed by atoms with van der Waals surface area (Å²) in [5.41, 5.74) is 1.27. The first-order valence-corrected chi connectivity index (χ1v) is 6.20. The van der Waals surface area contributed by atoms with E-state index >= 15 is 0 Å². The van der Waals surface area contributed by atoms with Crippen LogP contribution in [0.4, 0.5) is 0 Å². The molecule has 0 amide bonds. The highest BCUT2D eigenvalue weighted by atomic mass is 16.4. The second-order valence-electron chi connectivity index (χ2n) is 4.46. The lowest BCUT2D eigenvalue weighted by molar-refractivity contribution is -0.132. The molecule has 5 heteroatoms. The van der Waals surface area contributed by atoms with Crippen molar-refractivity contribution in [2.24, 2.45) is 0 Å². The molecule has 0 aliphatic rings. The number of hydrogen-bond donors (Lipinski definition) is 2. The van der Waals surface area contributed by atoms with Gasteiger partial charge in [-0.05, 0) is 30.7 Å². The van der Waals surface area contributed by atoms with E-state index in [0.717, 1.165) is 17.0 Å². The van der Waals surface area contributed by atoms with Crippen LogP contribution in [0.3, 0.4) is 0 Å². The molecule has 0 aliphatic carbocycles. The third kappa shape index (κ3) is 3.54. The van der Waals surface area contributed by atoms with Crippen LogP contribution in [0.25, 0.3) is 17.0 Å². The maximum Gasteiger partial charge on any atom is 0.336 e. The van der Waals surface area contributed by atoms with E-state index in [0.29, 0.717) is 5.69 Å². The third-order valence-corrected chi connectivity index (χ3v) is 2.91. The van der Waals surface area contributed by atoms with E-state index in [-0.39, 0.29) is 11.1 Å². The third-order valence-electron chi connectivity index (χ3n) is 2.91. The molecule has 0 bridgehead atoms. The second-order valence-corrected chi connectivity index (χ2v) is 4.46. The van der Waals surface area contributed by atoms with Gasteiger partial charge in [-0.2, -0.15) is 0 Å². The quantitative estimate of drug-likeness (QED) is 0.665. The van der Waals surface area contributed by atoms with Gasteiger partial charge >= 0.3 is 11.9 Å². The maximum absolute atomic E-state index is 11.3. The molecule has 5 nitrogen and oxygen atoms in total. The molecule has 0 atom stereocenters. The van der Waals surface area contributed by atoms with E-state index in [1.165, 1.54) is 13.0 Å². The molecule has 1 heterocycles. The molecule has 2 rings (SSSR count). The molecule has 0 aliphatic heterocycles. The minimum atomic E-state index is -1.19. The van der Waals surface area contributed by atoms with E-state index in [4.69, 9.17) is 5.11 Å². The van der Waals surface area contributed by atoms with Crippen molar-refractivity contribution in [3.63, 3.8) is 0 Å². The van der Waals surface area contributed by atoms with Gasteiger partial charge in [0.1, 0.15) is 0 Å². The van der Waals surface area contributed by atoms with Crippen LogP contribution in [-0.4, -0.2) is 27.1 Å². The van der Waals surface area contributed by atoms with E-state index in [1.807, 2.05) is 30.3 Å². The molecular weight excluding hydrogens is 270 g/mol. The molecular formula is C16H13NO4. The number of nitrogens with zero attached hydrogens (tertiary/aromatic N) is 1. The summed E-state index contributed by atoms with van der Waals surface area (Å²) >= 11 is 0. The number of para-hydroxylation sites is 1. The first kappa shape index (κ1) is 14.5. The number of hydrogen-bond acceptors (Lipinski definition) is 3. The zero-order valence-electron chi connectivity index (χ0n) is 11.3. The Kier molecular flexibility index (Phi) is 4.13. The van der Waals surface area contributed by atoms with Crippen LogP contribution >= 0.6 is 0 Å². The number of fused-ring (bicyclic) bond motifs is 1.